The molecule has 1 unspecified atom stereocenters. The summed E-state index contributed by atoms with van der Waals surface area (Å²) in [7, 11) is 0. The summed E-state index contributed by atoms with van der Waals surface area (Å²) in [5.74, 6) is 5.95. The van der Waals surface area contributed by atoms with Gasteiger partial charge in [0.05, 0.1) is 22.4 Å². The summed E-state index contributed by atoms with van der Waals surface area (Å²) in [6.07, 6.45) is 9.92. The van der Waals surface area contributed by atoms with Gasteiger partial charge in [0.2, 0.25) is 0 Å². The second-order valence-electron chi connectivity index (χ2n) is 13.7. The number of anilines is 2. The minimum Gasteiger partial charge on any atom is -0.457 e. The lowest BCUT2D eigenvalue weighted by Gasteiger charge is -2.26. The number of fused-ring (bicyclic) bond motifs is 2. The Labute approximate surface area is 318 Å². The molecule has 8 nitrogen and oxygen atoms in total. The molecule has 3 amide bonds. The summed E-state index contributed by atoms with van der Waals surface area (Å²) in [5, 5.41) is 11.0. The summed E-state index contributed by atoms with van der Waals surface area (Å²) >= 11 is 0. The van der Waals surface area contributed by atoms with Crippen molar-refractivity contribution in [2.24, 2.45) is 0 Å². The van der Waals surface area contributed by atoms with E-state index in [1.54, 1.807) is 84.9 Å². The molecule has 8 rings (SSSR count). The lowest BCUT2D eigenvalue weighted by Crippen LogP contribution is -2.29. The summed E-state index contributed by atoms with van der Waals surface area (Å²) in [5.41, 5.74) is 5.23. The largest absolute Gasteiger partial charge is 0.457 e. The number of aliphatic hydroxyl groups excluding tert-OH is 1. The second kappa shape index (κ2) is 13.5. The molecule has 2 aliphatic heterocycles. The molecular weight excluding hydrogens is 689 g/mol. The monoisotopic (exact) mass is 720 g/mol. The highest BCUT2D eigenvalue weighted by atomic mass is 16.5. The average Bonchev–Trinajstić information content (AvgIpc) is 3.61. The Morgan fingerprint density at radius 2 is 1.05 bits per heavy atom. The van der Waals surface area contributed by atoms with Gasteiger partial charge in [-0.1, -0.05) is 68.2 Å². The minimum atomic E-state index is -1.14. The summed E-state index contributed by atoms with van der Waals surface area (Å²) in [4.78, 5) is 42.3. The van der Waals surface area contributed by atoms with Crippen molar-refractivity contribution in [3.63, 3.8) is 0 Å². The number of rotatable bonds is 8. The quantitative estimate of drug-likeness (QED) is 0.125. The predicted octanol–water partition coefficient (Wildman–Crippen LogP) is 9.01. The van der Waals surface area contributed by atoms with Crippen molar-refractivity contribution in [2.75, 3.05) is 9.80 Å². The molecule has 266 valence electrons. The van der Waals surface area contributed by atoms with Crippen LogP contribution in [0.4, 0.5) is 11.4 Å². The van der Waals surface area contributed by atoms with Gasteiger partial charge in [-0.05, 0) is 102 Å². The number of amides is 3. The molecule has 55 heavy (non-hydrogen) atoms. The standard InChI is InChI=1S/C47H32N2O6/c1-5-29-9-7-11-33(25-29)48-43(50)39-23-21-37(27-41(39)45(48)52)54-35-17-13-31(14-18-35)47(3,4)32-15-19-36(20-16-32)55-38-22-24-40-42(28-38)46(53)49(44(40)51)34-12-8-10-30(6-2)26-34/h1-2,7-28,43,50H,3-4H3. The van der Waals surface area contributed by atoms with Gasteiger partial charge in [-0.2, -0.15) is 0 Å². The maximum Gasteiger partial charge on any atom is 0.266 e. The van der Waals surface area contributed by atoms with Crippen LogP contribution in [0.2, 0.25) is 0 Å². The Hall–Kier alpha value is -7.39. The van der Waals surface area contributed by atoms with Crippen LogP contribution in [0.3, 0.4) is 0 Å². The van der Waals surface area contributed by atoms with Crippen molar-refractivity contribution in [3.8, 4) is 47.7 Å². The fraction of sp³-hybridized carbons (Fsp3) is 0.0851. The van der Waals surface area contributed by atoms with E-state index in [1.165, 1.54) is 4.90 Å². The van der Waals surface area contributed by atoms with E-state index in [0.29, 0.717) is 62.2 Å². The van der Waals surface area contributed by atoms with Crippen LogP contribution in [0.15, 0.2) is 133 Å². The van der Waals surface area contributed by atoms with Crippen molar-refractivity contribution < 1.29 is 29.0 Å². The Kier molecular flexibility index (Phi) is 8.54. The van der Waals surface area contributed by atoms with Crippen LogP contribution in [0.5, 0.6) is 23.0 Å². The van der Waals surface area contributed by atoms with Crippen LogP contribution in [0, 0.1) is 24.7 Å². The molecule has 0 spiro atoms. The van der Waals surface area contributed by atoms with Gasteiger partial charge in [0.15, 0.2) is 6.23 Å². The van der Waals surface area contributed by atoms with Gasteiger partial charge in [0, 0.05) is 27.8 Å². The first kappa shape index (κ1) is 34.7. The van der Waals surface area contributed by atoms with Crippen LogP contribution in [-0.4, -0.2) is 22.8 Å². The van der Waals surface area contributed by atoms with Crippen molar-refractivity contribution in [1.82, 2.24) is 0 Å². The molecule has 2 aliphatic rings. The third-order valence-electron chi connectivity index (χ3n) is 10.0. The SMILES string of the molecule is C#Cc1cccc(N2C(=O)c3ccc(Oc4ccc(C(C)(C)c5ccc(Oc6ccc7c(c6)C(=O)N(c6cccc(C#C)c6)C7O)cc5)cc4)cc3C2=O)c1. The van der Waals surface area contributed by atoms with Crippen LogP contribution < -0.4 is 19.3 Å². The molecule has 0 saturated heterocycles. The molecule has 1 atom stereocenters. The van der Waals surface area contributed by atoms with Crippen LogP contribution >= 0.6 is 0 Å². The first-order chi connectivity index (χ1) is 26.5. The topological polar surface area (TPSA) is 96.4 Å². The average molecular weight is 721 g/mol. The minimum absolute atomic E-state index is 0.261. The highest BCUT2D eigenvalue weighted by molar-refractivity contribution is 6.34. The van der Waals surface area contributed by atoms with Crippen molar-refractivity contribution in [3.05, 3.63) is 178 Å². The van der Waals surface area contributed by atoms with E-state index in [4.69, 9.17) is 22.3 Å². The first-order valence-electron chi connectivity index (χ1n) is 17.4. The molecule has 0 aromatic heterocycles. The summed E-state index contributed by atoms with van der Waals surface area (Å²) in [6, 6.07) is 39.1. The number of aliphatic hydroxyl groups is 1. The van der Waals surface area contributed by atoms with Crippen LogP contribution in [-0.2, 0) is 5.41 Å². The van der Waals surface area contributed by atoms with Gasteiger partial charge in [0.25, 0.3) is 17.7 Å². The number of benzene rings is 6. The van der Waals surface area contributed by atoms with Crippen LogP contribution in [0.25, 0.3) is 0 Å². The molecule has 0 saturated carbocycles. The zero-order valence-electron chi connectivity index (χ0n) is 29.8. The number of hydrogen-bond acceptors (Lipinski definition) is 6. The van der Waals surface area contributed by atoms with Crippen molar-refractivity contribution in [2.45, 2.75) is 25.5 Å². The third kappa shape index (κ3) is 6.17. The number of terminal acetylenes is 2. The van der Waals surface area contributed by atoms with Crippen LogP contribution in [0.1, 0.15) is 79.0 Å². The molecule has 0 bridgehead atoms. The molecule has 6 aromatic carbocycles. The maximum absolute atomic E-state index is 13.4. The number of carbonyl (C=O) groups is 3. The fourth-order valence-electron chi connectivity index (χ4n) is 6.96. The molecule has 6 aromatic rings. The first-order valence-corrected chi connectivity index (χ1v) is 17.4. The van der Waals surface area contributed by atoms with E-state index in [1.807, 2.05) is 48.5 Å². The zero-order chi connectivity index (χ0) is 38.4. The normalized spacial score (nSPS) is 14.6. The Bertz CT molecular complexity index is 2630. The molecule has 0 radical (unpaired) electrons. The molecule has 1 N–H and O–H groups in total. The van der Waals surface area contributed by atoms with Gasteiger partial charge >= 0.3 is 0 Å². The second-order valence-corrected chi connectivity index (χ2v) is 13.7. The van der Waals surface area contributed by atoms with Gasteiger partial charge in [-0.25, -0.2) is 4.90 Å². The lowest BCUT2D eigenvalue weighted by atomic mass is 9.78. The van der Waals surface area contributed by atoms with E-state index in [-0.39, 0.29) is 16.9 Å². The number of carbonyl (C=O) groups excluding carboxylic acids is 3. The number of ether oxygens (including phenoxy) is 2. The van der Waals surface area contributed by atoms with Crippen molar-refractivity contribution in [1.29, 1.82) is 0 Å². The molecule has 0 aliphatic carbocycles. The molecular formula is C47H32N2O6. The van der Waals surface area contributed by atoms with Crippen molar-refractivity contribution >= 4 is 29.1 Å². The Balaban J connectivity index is 0.936. The van der Waals surface area contributed by atoms with E-state index >= 15 is 0 Å². The Morgan fingerprint density at radius 1 is 0.564 bits per heavy atom. The number of imide groups is 1. The zero-order valence-corrected chi connectivity index (χ0v) is 29.8. The number of hydrogen-bond donors (Lipinski definition) is 1. The highest BCUT2D eigenvalue weighted by Gasteiger charge is 2.38. The van der Waals surface area contributed by atoms with Gasteiger partial charge in [0.1, 0.15) is 23.0 Å². The Morgan fingerprint density at radius 3 is 1.64 bits per heavy atom. The smallest absolute Gasteiger partial charge is 0.266 e. The van der Waals surface area contributed by atoms with Gasteiger partial charge < -0.3 is 14.6 Å². The van der Waals surface area contributed by atoms with E-state index in [0.717, 1.165) is 16.0 Å². The fourth-order valence-corrected chi connectivity index (χ4v) is 6.96. The maximum atomic E-state index is 13.4. The molecule has 2 heterocycles. The highest BCUT2D eigenvalue weighted by Crippen LogP contribution is 2.40. The predicted molar refractivity (Wildman–Crippen MR) is 210 cm³/mol. The lowest BCUT2D eigenvalue weighted by molar-refractivity contribution is 0.0917. The summed E-state index contributed by atoms with van der Waals surface area (Å²) in [6.45, 7) is 4.24. The van der Waals surface area contributed by atoms with E-state index < -0.39 is 18.0 Å². The molecule has 0 fully saturated rings. The van der Waals surface area contributed by atoms with E-state index in [2.05, 4.69) is 25.7 Å². The number of nitrogens with zero attached hydrogens (tertiary/aromatic N) is 2. The third-order valence-corrected chi connectivity index (χ3v) is 10.0. The van der Waals surface area contributed by atoms with E-state index in [9.17, 15) is 19.5 Å². The summed E-state index contributed by atoms with van der Waals surface area (Å²) < 4.78 is 12.3. The molecule has 8 heteroatoms. The van der Waals surface area contributed by atoms with Gasteiger partial charge in [-0.3, -0.25) is 19.3 Å². The van der Waals surface area contributed by atoms with Gasteiger partial charge in [-0.15, -0.1) is 12.8 Å².